The van der Waals surface area contributed by atoms with E-state index >= 15 is 0 Å². The van der Waals surface area contributed by atoms with Gasteiger partial charge < -0.3 is 5.73 Å². The highest BCUT2D eigenvalue weighted by Crippen LogP contribution is 2.33. The quantitative estimate of drug-likeness (QED) is 0.905. The van der Waals surface area contributed by atoms with Crippen LogP contribution in [0.3, 0.4) is 0 Å². The summed E-state index contributed by atoms with van der Waals surface area (Å²) in [4.78, 5) is 26.6. The lowest BCUT2D eigenvalue weighted by Gasteiger charge is -2.24. The van der Waals surface area contributed by atoms with Crippen LogP contribution in [0.25, 0.3) is 11.1 Å². The van der Waals surface area contributed by atoms with Crippen LogP contribution in [0.5, 0.6) is 0 Å². The van der Waals surface area contributed by atoms with Crippen molar-refractivity contribution in [1.29, 1.82) is 0 Å². The summed E-state index contributed by atoms with van der Waals surface area (Å²) in [6.45, 7) is 0. The maximum absolute atomic E-state index is 11.8. The van der Waals surface area contributed by atoms with Gasteiger partial charge in [-0.15, -0.1) is 11.3 Å². The van der Waals surface area contributed by atoms with E-state index in [0.29, 0.717) is 6.42 Å². The molecule has 2 aromatic rings. The number of aliphatic imine (C=N–C) groups is 1. The van der Waals surface area contributed by atoms with Gasteiger partial charge in [-0.25, -0.2) is 15.0 Å². The lowest BCUT2D eigenvalue weighted by atomic mass is 10.1. The Hall–Kier alpha value is -2.28. The summed E-state index contributed by atoms with van der Waals surface area (Å²) in [6, 6.07) is 1.82. The summed E-state index contributed by atoms with van der Waals surface area (Å²) in [5.41, 5.74) is 7.74. The van der Waals surface area contributed by atoms with Crippen molar-refractivity contribution in [1.82, 2.24) is 14.9 Å². The highest BCUT2D eigenvalue weighted by molar-refractivity contribution is 7.10. The molecule has 0 spiro atoms. The van der Waals surface area contributed by atoms with E-state index in [4.69, 9.17) is 5.73 Å². The minimum Gasteiger partial charge on any atom is -0.369 e. The predicted molar refractivity (Wildman–Crippen MR) is 77.1 cm³/mol. The minimum atomic E-state index is -0.193. The van der Waals surface area contributed by atoms with E-state index in [2.05, 4.69) is 15.0 Å². The van der Waals surface area contributed by atoms with Crippen molar-refractivity contribution in [2.24, 2.45) is 10.7 Å². The Morgan fingerprint density at radius 1 is 1.35 bits per heavy atom. The first kappa shape index (κ1) is 12.7. The number of carbonyl (C=O) groups excluding carboxylic acids is 1. The number of thiophene rings is 1. The molecule has 2 aromatic heterocycles. The largest absolute Gasteiger partial charge is 0.369 e. The number of rotatable bonds is 2. The topological polar surface area (TPSA) is 84.5 Å². The van der Waals surface area contributed by atoms with Crippen molar-refractivity contribution < 1.29 is 4.79 Å². The molecule has 6 nitrogen and oxygen atoms in total. The van der Waals surface area contributed by atoms with E-state index < -0.39 is 0 Å². The lowest BCUT2D eigenvalue weighted by molar-refractivity contribution is -0.127. The van der Waals surface area contributed by atoms with Crippen molar-refractivity contribution in [3.8, 4) is 11.1 Å². The smallest absolute Gasteiger partial charge is 0.231 e. The summed E-state index contributed by atoms with van der Waals surface area (Å²) < 4.78 is 0. The van der Waals surface area contributed by atoms with Crippen molar-refractivity contribution in [3.05, 3.63) is 35.0 Å². The molecule has 0 saturated heterocycles. The van der Waals surface area contributed by atoms with Gasteiger partial charge in [-0.2, -0.15) is 0 Å². The van der Waals surface area contributed by atoms with E-state index in [0.717, 1.165) is 16.0 Å². The Morgan fingerprint density at radius 3 is 2.80 bits per heavy atom. The van der Waals surface area contributed by atoms with Crippen molar-refractivity contribution in [2.45, 2.75) is 12.5 Å². The zero-order valence-corrected chi connectivity index (χ0v) is 11.7. The number of amides is 1. The molecule has 3 heterocycles. The van der Waals surface area contributed by atoms with Crippen LogP contribution in [0.15, 0.2) is 35.2 Å². The summed E-state index contributed by atoms with van der Waals surface area (Å²) >= 11 is 1.57. The standard InChI is InChI=1S/C13H13N5OS/c1-18-12(19)3-10(17-13(18)14)11-2-8(6-20-11)9-4-15-7-16-5-9/h2,4-7,10H,3H2,1H3,(H2,14,17). The fraction of sp³-hybridized carbons (Fsp3) is 0.231. The van der Waals surface area contributed by atoms with Gasteiger partial charge in [0.25, 0.3) is 0 Å². The third-order valence-electron chi connectivity index (χ3n) is 3.22. The van der Waals surface area contributed by atoms with Gasteiger partial charge in [-0.1, -0.05) is 0 Å². The van der Waals surface area contributed by atoms with Gasteiger partial charge in [-0.3, -0.25) is 9.69 Å². The minimum absolute atomic E-state index is 0.0134. The third-order valence-corrected chi connectivity index (χ3v) is 4.25. The molecule has 0 radical (unpaired) electrons. The fourth-order valence-electron chi connectivity index (χ4n) is 2.01. The van der Waals surface area contributed by atoms with Gasteiger partial charge in [0, 0.05) is 29.9 Å². The Morgan fingerprint density at radius 2 is 2.10 bits per heavy atom. The summed E-state index contributed by atoms with van der Waals surface area (Å²) in [5.74, 6) is 0.254. The van der Waals surface area contributed by atoms with E-state index in [9.17, 15) is 4.79 Å². The second kappa shape index (κ2) is 5.01. The molecule has 0 aliphatic carbocycles. The van der Waals surface area contributed by atoms with Crippen molar-refractivity contribution >= 4 is 23.2 Å². The van der Waals surface area contributed by atoms with Gasteiger partial charge in [0.15, 0.2) is 5.96 Å². The van der Waals surface area contributed by atoms with Crippen molar-refractivity contribution in [3.63, 3.8) is 0 Å². The first-order chi connectivity index (χ1) is 9.65. The van der Waals surface area contributed by atoms with Gasteiger partial charge in [0.1, 0.15) is 6.33 Å². The zero-order valence-electron chi connectivity index (χ0n) is 10.9. The second-order valence-corrected chi connectivity index (χ2v) is 5.47. The average molecular weight is 287 g/mol. The van der Waals surface area contributed by atoms with E-state index in [1.807, 2.05) is 11.4 Å². The molecule has 1 aliphatic heterocycles. The van der Waals surface area contributed by atoms with Crippen molar-refractivity contribution in [2.75, 3.05) is 7.05 Å². The van der Waals surface area contributed by atoms with Crippen LogP contribution in [0, 0.1) is 0 Å². The number of carbonyl (C=O) groups is 1. The zero-order chi connectivity index (χ0) is 14.1. The molecule has 3 rings (SSSR count). The first-order valence-corrected chi connectivity index (χ1v) is 6.97. The molecule has 1 aliphatic rings. The Labute approximate surface area is 120 Å². The number of nitrogens with two attached hydrogens (primary N) is 1. The molecule has 1 unspecified atom stereocenters. The van der Waals surface area contributed by atoms with Crippen LogP contribution in [-0.4, -0.2) is 33.8 Å². The Kier molecular flexibility index (Phi) is 3.19. The predicted octanol–water partition coefficient (Wildman–Crippen LogP) is 1.42. The molecule has 0 aromatic carbocycles. The maximum Gasteiger partial charge on any atom is 0.231 e. The normalized spacial score (nSPS) is 19.1. The number of nitrogens with zero attached hydrogens (tertiary/aromatic N) is 4. The molecule has 0 bridgehead atoms. The van der Waals surface area contributed by atoms with Crippen LogP contribution in [-0.2, 0) is 4.79 Å². The molecular weight excluding hydrogens is 274 g/mol. The van der Waals surface area contributed by atoms with Crippen LogP contribution in [0.4, 0.5) is 0 Å². The monoisotopic (exact) mass is 287 g/mol. The number of guanidine groups is 1. The average Bonchev–Trinajstić information content (AvgIpc) is 2.95. The van der Waals surface area contributed by atoms with E-state index in [-0.39, 0.29) is 17.9 Å². The highest BCUT2D eigenvalue weighted by atomic mass is 32.1. The number of hydrogen-bond acceptors (Lipinski definition) is 6. The summed E-state index contributed by atoms with van der Waals surface area (Å²) in [7, 11) is 1.64. The summed E-state index contributed by atoms with van der Waals surface area (Å²) in [5, 5.41) is 2.02. The molecule has 1 amide bonds. The second-order valence-electron chi connectivity index (χ2n) is 4.52. The highest BCUT2D eigenvalue weighted by Gasteiger charge is 2.26. The fourth-order valence-corrected chi connectivity index (χ4v) is 2.97. The number of aromatic nitrogens is 2. The molecular formula is C13H13N5OS. The lowest BCUT2D eigenvalue weighted by Crippen LogP contribution is -2.42. The molecule has 2 N–H and O–H groups in total. The molecule has 1 atom stereocenters. The van der Waals surface area contributed by atoms with Gasteiger partial charge in [-0.05, 0) is 17.0 Å². The van der Waals surface area contributed by atoms with E-state index in [1.54, 1.807) is 30.8 Å². The van der Waals surface area contributed by atoms with Crippen LogP contribution in [0.1, 0.15) is 17.3 Å². The Bertz CT molecular complexity index is 666. The SMILES string of the molecule is CN1C(=O)CC(c2cc(-c3cncnc3)cs2)N=C1N. The maximum atomic E-state index is 11.8. The van der Waals surface area contributed by atoms with Gasteiger partial charge in [0.05, 0.1) is 12.5 Å². The van der Waals surface area contributed by atoms with Crippen LogP contribution >= 0.6 is 11.3 Å². The molecule has 0 saturated carbocycles. The first-order valence-electron chi connectivity index (χ1n) is 6.09. The third kappa shape index (κ3) is 2.27. The molecule has 102 valence electrons. The van der Waals surface area contributed by atoms with Gasteiger partial charge >= 0.3 is 0 Å². The molecule has 0 fully saturated rings. The molecule has 20 heavy (non-hydrogen) atoms. The van der Waals surface area contributed by atoms with Crippen LogP contribution < -0.4 is 5.73 Å². The number of hydrogen-bond donors (Lipinski definition) is 1. The summed E-state index contributed by atoms with van der Waals surface area (Å²) in [6.07, 6.45) is 5.37. The Balaban J connectivity index is 1.90. The molecule has 7 heteroatoms. The van der Waals surface area contributed by atoms with Gasteiger partial charge in [0.2, 0.25) is 5.91 Å². The van der Waals surface area contributed by atoms with E-state index in [1.165, 1.54) is 11.2 Å². The van der Waals surface area contributed by atoms with Crippen LogP contribution in [0.2, 0.25) is 0 Å².